The number of amides is 2. The summed E-state index contributed by atoms with van der Waals surface area (Å²) in [6.45, 7) is 6.50. The molecule has 0 aliphatic rings. The van der Waals surface area contributed by atoms with Gasteiger partial charge in [0.25, 0.3) is 0 Å². The largest absolute Gasteiger partial charge is 0.478 e. The number of rotatable bonds is 9. The van der Waals surface area contributed by atoms with Crippen LogP contribution in [0.5, 0.6) is 0 Å². The van der Waals surface area contributed by atoms with Crippen LogP contribution in [0.2, 0.25) is 0 Å². The van der Waals surface area contributed by atoms with Crippen LogP contribution in [0.1, 0.15) is 46.5 Å². The third-order valence-corrected chi connectivity index (χ3v) is 2.45. The summed E-state index contributed by atoms with van der Waals surface area (Å²) in [7, 11) is 0. The van der Waals surface area contributed by atoms with Gasteiger partial charge in [-0.15, -0.1) is 0 Å². The summed E-state index contributed by atoms with van der Waals surface area (Å²) in [6, 6.07) is 0. The highest BCUT2D eigenvalue weighted by Gasteiger charge is 2.15. The topological polar surface area (TPSA) is 105 Å². The molecule has 0 atom stereocenters. The van der Waals surface area contributed by atoms with Gasteiger partial charge in [-0.3, -0.25) is 4.79 Å². The van der Waals surface area contributed by atoms with Crippen molar-refractivity contribution in [3.8, 4) is 0 Å². The van der Waals surface area contributed by atoms with Gasteiger partial charge in [-0.1, -0.05) is 12.8 Å². The lowest BCUT2D eigenvalue weighted by atomic mass is 10.2. The van der Waals surface area contributed by atoms with Crippen molar-refractivity contribution in [3.63, 3.8) is 0 Å². The monoisotopic (exact) mass is 314 g/mol. The van der Waals surface area contributed by atoms with E-state index in [-0.39, 0.29) is 0 Å². The van der Waals surface area contributed by atoms with Crippen molar-refractivity contribution in [2.45, 2.75) is 52.1 Å². The van der Waals surface area contributed by atoms with E-state index in [1.165, 1.54) is 0 Å². The highest BCUT2D eigenvalue weighted by atomic mass is 16.6. The van der Waals surface area contributed by atoms with Gasteiger partial charge in [-0.25, -0.2) is 9.59 Å². The molecular weight excluding hydrogens is 288 g/mol. The van der Waals surface area contributed by atoms with Crippen LogP contribution in [-0.2, 0) is 14.3 Å². The van der Waals surface area contributed by atoms with Crippen LogP contribution >= 0.6 is 0 Å². The maximum absolute atomic E-state index is 11.3. The van der Waals surface area contributed by atoms with Crippen LogP contribution in [0.25, 0.3) is 0 Å². The van der Waals surface area contributed by atoms with Crippen molar-refractivity contribution in [3.05, 3.63) is 12.2 Å². The second-order valence-electron chi connectivity index (χ2n) is 5.81. The number of carboxylic acids is 1. The van der Waals surface area contributed by atoms with Gasteiger partial charge in [-0.05, 0) is 33.6 Å². The third-order valence-electron chi connectivity index (χ3n) is 2.45. The molecule has 3 N–H and O–H groups in total. The number of carboxylic acid groups (broad SMARTS) is 1. The number of aliphatic carboxylic acids is 1. The lowest BCUT2D eigenvalue weighted by Crippen LogP contribution is -2.33. The number of alkyl carbamates (subject to hydrolysis) is 1. The summed E-state index contributed by atoms with van der Waals surface area (Å²) in [6.07, 6.45) is 4.87. The second kappa shape index (κ2) is 10.6. The Balaban J connectivity index is 3.46. The van der Waals surface area contributed by atoms with Crippen molar-refractivity contribution in [1.29, 1.82) is 0 Å². The molecule has 0 aliphatic carbocycles. The molecule has 0 saturated carbocycles. The zero-order valence-corrected chi connectivity index (χ0v) is 13.5. The molecule has 0 aliphatic heterocycles. The summed E-state index contributed by atoms with van der Waals surface area (Å²) in [4.78, 5) is 32.7. The Labute approximate surface area is 131 Å². The molecule has 0 spiro atoms. The predicted octanol–water partition coefficient (Wildman–Crippen LogP) is 1.83. The number of hydrogen-bond acceptors (Lipinski definition) is 4. The lowest BCUT2D eigenvalue weighted by Gasteiger charge is -2.19. The van der Waals surface area contributed by atoms with Crippen LogP contribution in [0.15, 0.2) is 12.2 Å². The molecule has 7 heteroatoms. The number of hydrogen-bond donors (Lipinski definition) is 3. The maximum atomic E-state index is 11.3. The van der Waals surface area contributed by atoms with E-state index < -0.39 is 23.6 Å². The van der Waals surface area contributed by atoms with Crippen LogP contribution < -0.4 is 10.6 Å². The summed E-state index contributed by atoms with van der Waals surface area (Å²) < 4.78 is 5.10. The molecule has 126 valence electrons. The smallest absolute Gasteiger partial charge is 0.407 e. The lowest BCUT2D eigenvalue weighted by molar-refractivity contribution is -0.131. The van der Waals surface area contributed by atoms with E-state index in [1.807, 2.05) is 20.8 Å². The quantitative estimate of drug-likeness (QED) is 0.445. The molecule has 0 aromatic carbocycles. The molecule has 0 rings (SSSR count). The Bertz CT molecular complexity index is 399. The zero-order chi connectivity index (χ0) is 17.0. The van der Waals surface area contributed by atoms with Gasteiger partial charge in [0.1, 0.15) is 5.60 Å². The number of carbonyl (C=O) groups excluding carboxylic acids is 2. The molecule has 2 amide bonds. The first-order valence-corrected chi connectivity index (χ1v) is 7.36. The van der Waals surface area contributed by atoms with Crippen molar-refractivity contribution < 1.29 is 24.2 Å². The molecule has 0 unspecified atom stereocenters. The number of ether oxygens (including phenoxy) is 1. The highest BCUT2D eigenvalue weighted by molar-refractivity contribution is 5.93. The van der Waals surface area contributed by atoms with Gasteiger partial charge < -0.3 is 20.5 Å². The van der Waals surface area contributed by atoms with Gasteiger partial charge in [0.15, 0.2) is 0 Å². The predicted molar refractivity (Wildman–Crippen MR) is 82.5 cm³/mol. The van der Waals surface area contributed by atoms with Crippen molar-refractivity contribution in [1.82, 2.24) is 10.6 Å². The molecule has 7 nitrogen and oxygen atoms in total. The van der Waals surface area contributed by atoms with E-state index in [1.54, 1.807) is 0 Å². The molecule has 0 fully saturated rings. The van der Waals surface area contributed by atoms with E-state index in [4.69, 9.17) is 9.84 Å². The fourth-order valence-electron chi connectivity index (χ4n) is 1.53. The first-order chi connectivity index (χ1) is 10.2. The first-order valence-electron chi connectivity index (χ1n) is 7.36. The van der Waals surface area contributed by atoms with Gasteiger partial charge >= 0.3 is 12.1 Å². The molecule has 0 heterocycles. The molecule has 0 saturated heterocycles. The van der Waals surface area contributed by atoms with Crippen LogP contribution in [0.3, 0.4) is 0 Å². The Morgan fingerprint density at radius 2 is 1.50 bits per heavy atom. The molecular formula is C15H26N2O5. The van der Waals surface area contributed by atoms with Crippen molar-refractivity contribution >= 4 is 18.0 Å². The van der Waals surface area contributed by atoms with Gasteiger partial charge in [-0.2, -0.15) is 0 Å². The summed E-state index contributed by atoms with van der Waals surface area (Å²) in [5.41, 5.74) is -0.489. The van der Waals surface area contributed by atoms with E-state index in [0.29, 0.717) is 13.1 Å². The van der Waals surface area contributed by atoms with Crippen molar-refractivity contribution in [2.24, 2.45) is 0 Å². The van der Waals surface area contributed by atoms with E-state index >= 15 is 0 Å². The molecule has 0 aromatic heterocycles. The van der Waals surface area contributed by atoms with Crippen LogP contribution in [0, 0.1) is 0 Å². The number of nitrogens with one attached hydrogen (secondary N) is 2. The Morgan fingerprint density at radius 3 is 2.00 bits per heavy atom. The minimum atomic E-state index is -1.15. The minimum Gasteiger partial charge on any atom is -0.478 e. The van der Waals surface area contributed by atoms with Crippen molar-refractivity contribution in [2.75, 3.05) is 13.1 Å². The Morgan fingerprint density at radius 1 is 0.955 bits per heavy atom. The SMILES string of the molecule is CC(C)(C)OC(=O)NCCCCCCNC(=O)C=CC(=O)O. The third kappa shape index (κ3) is 14.4. The molecule has 22 heavy (non-hydrogen) atoms. The van der Waals surface area contributed by atoms with Crippen LogP contribution in [-0.4, -0.2) is 41.8 Å². The number of carbonyl (C=O) groups is 3. The van der Waals surface area contributed by atoms with E-state index in [2.05, 4.69) is 10.6 Å². The number of unbranched alkanes of at least 4 members (excludes halogenated alkanes) is 3. The van der Waals surface area contributed by atoms with E-state index in [9.17, 15) is 14.4 Å². The maximum Gasteiger partial charge on any atom is 0.407 e. The normalized spacial score (nSPS) is 11.2. The van der Waals surface area contributed by atoms with Gasteiger partial charge in [0, 0.05) is 25.2 Å². The highest BCUT2D eigenvalue weighted by Crippen LogP contribution is 2.06. The fourth-order valence-corrected chi connectivity index (χ4v) is 1.53. The molecule has 0 aromatic rings. The summed E-state index contributed by atoms with van der Waals surface area (Å²) >= 11 is 0. The van der Waals surface area contributed by atoms with Gasteiger partial charge in [0.05, 0.1) is 0 Å². The average Bonchev–Trinajstić information content (AvgIpc) is 2.37. The summed E-state index contributed by atoms with van der Waals surface area (Å²) in [5.74, 6) is -1.55. The van der Waals surface area contributed by atoms with E-state index in [0.717, 1.165) is 37.8 Å². The zero-order valence-electron chi connectivity index (χ0n) is 13.5. The average molecular weight is 314 g/mol. The summed E-state index contributed by atoms with van der Waals surface area (Å²) in [5, 5.41) is 13.6. The first kappa shape index (κ1) is 19.9. The Hall–Kier alpha value is -2.05. The Kier molecular flexibility index (Phi) is 9.65. The second-order valence-corrected chi connectivity index (χ2v) is 5.81. The minimum absolute atomic E-state index is 0.408. The standard InChI is InChI=1S/C15H26N2O5/c1-15(2,3)22-14(21)17-11-7-5-4-6-10-16-12(18)8-9-13(19)20/h8-9H,4-7,10-11H2,1-3H3,(H,16,18)(H,17,21)(H,19,20). The fraction of sp³-hybridized carbons (Fsp3) is 0.667. The molecule has 0 bridgehead atoms. The van der Waals surface area contributed by atoms with Gasteiger partial charge in [0.2, 0.25) is 5.91 Å². The molecule has 0 radical (unpaired) electrons. The van der Waals surface area contributed by atoms with Crippen LogP contribution in [0.4, 0.5) is 4.79 Å².